The summed E-state index contributed by atoms with van der Waals surface area (Å²) in [4.78, 5) is 18.1. The third-order valence-corrected chi connectivity index (χ3v) is 3.52. The molecule has 0 saturated heterocycles. The second kappa shape index (κ2) is 6.85. The summed E-state index contributed by atoms with van der Waals surface area (Å²) in [6.45, 7) is 2.69. The van der Waals surface area contributed by atoms with E-state index in [1.165, 1.54) is 0 Å². The van der Waals surface area contributed by atoms with Crippen molar-refractivity contribution in [2.75, 3.05) is 6.54 Å². The molecule has 0 aromatic carbocycles. The molecule has 1 amide bonds. The molecule has 0 bridgehead atoms. The lowest BCUT2D eigenvalue weighted by Gasteiger charge is -2.03. The van der Waals surface area contributed by atoms with Gasteiger partial charge in [-0.05, 0) is 31.2 Å². The third-order valence-electron chi connectivity index (χ3n) is 2.52. The molecule has 2 aromatic rings. The summed E-state index contributed by atoms with van der Waals surface area (Å²) < 4.78 is 0. The molecule has 5 heteroatoms. The van der Waals surface area contributed by atoms with Crippen LogP contribution in [0.3, 0.4) is 0 Å². The number of aryl methyl sites for hydroxylation is 1. The van der Waals surface area contributed by atoms with E-state index in [0.717, 1.165) is 15.4 Å². The number of pyridine rings is 1. The van der Waals surface area contributed by atoms with E-state index in [4.69, 9.17) is 5.73 Å². The number of hydrogen-bond acceptors (Lipinski definition) is 4. The summed E-state index contributed by atoms with van der Waals surface area (Å²) in [5, 5.41) is 2.85. The number of nitrogens with one attached hydrogen (secondary N) is 1. The van der Waals surface area contributed by atoms with Crippen LogP contribution in [0.2, 0.25) is 0 Å². The van der Waals surface area contributed by atoms with Crippen LogP contribution in [0.25, 0.3) is 0 Å². The minimum Gasteiger partial charge on any atom is -0.346 e. The van der Waals surface area contributed by atoms with Gasteiger partial charge in [-0.15, -0.1) is 11.3 Å². The number of amides is 1. The molecular formula is C15H15N3OS. The number of rotatable bonds is 3. The normalized spacial score (nSPS) is 9.70. The molecule has 0 atom stereocenters. The number of hydrogen-bond donors (Lipinski definition) is 2. The van der Waals surface area contributed by atoms with Crippen molar-refractivity contribution in [2.24, 2.45) is 5.73 Å². The Morgan fingerprint density at radius 2 is 2.25 bits per heavy atom. The maximum atomic E-state index is 11.9. The minimum absolute atomic E-state index is 0.170. The van der Waals surface area contributed by atoms with E-state index >= 15 is 0 Å². The lowest BCUT2D eigenvalue weighted by Crippen LogP contribution is -2.23. The van der Waals surface area contributed by atoms with Crippen molar-refractivity contribution in [3.63, 3.8) is 0 Å². The van der Waals surface area contributed by atoms with Crippen LogP contribution in [0.4, 0.5) is 0 Å². The molecule has 0 radical (unpaired) electrons. The van der Waals surface area contributed by atoms with Crippen LogP contribution in [-0.2, 0) is 6.54 Å². The van der Waals surface area contributed by atoms with Gasteiger partial charge in [0.2, 0.25) is 0 Å². The highest BCUT2D eigenvalue weighted by atomic mass is 32.1. The Hall–Kier alpha value is -2.16. The molecule has 20 heavy (non-hydrogen) atoms. The van der Waals surface area contributed by atoms with E-state index in [2.05, 4.69) is 22.1 Å². The van der Waals surface area contributed by atoms with Crippen LogP contribution in [-0.4, -0.2) is 17.4 Å². The van der Waals surface area contributed by atoms with Gasteiger partial charge in [0.05, 0.1) is 18.0 Å². The van der Waals surface area contributed by atoms with Gasteiger partial charge in [-0.1, -0.05) is 17.9 Å². The Kier molecular flexibility index (Phi) is 4.88. The number of thiophene rings is 1. The largest absolute Gasteiger partial charge is 0.346 e. The minimum atomic E-state index is -0.170. The van der Waals surface area contributed by atoms with Gasteiger partial charge in [-0.3, -0.25) is 4.79 Å². The zero-order valence-corrected chi connectivity index (χ0v) is 12.0. The van der Waals surface area contributed by atoms with Crippen molar-refractivity contribution in [3.8, 4) is 11.8 Å². The van der Waals surface area contributed by atoms with Crippen molar-refractivity contribution in [3.05, 3.63) is 51.5 Å². The van der Waals surface area contributed by atoms with Gasteiger partial charge in [0.1, 0.15) is 5.69 Å². The van der Waals surface area contributed by atoms with Crippen molar-refractivity contribution in [2.45, 2.75) is 13.5 Å². The monoisotopic (exact) mass is 285 g/mol. The molecule has 0 spiro atoms. The maximum absolute atomic E-state index is 11.9. The first-order chi connectivity index (χ1) is 9.69. The van der Waals surface area contributed by atoms with Crippen molar-refractivity contribution in [1.29, 1.82) is 0 Å². The molecule has 2 rings (SSSR count). The van der Waals surface area contributed by atoms with Crippen LogP contribution >= 0.6 is 11.3 Å². The van der Waals surface area contributed by atoms with E-state index in [-0.39, 0.29) is 5.91 Å². The molecule has 2 heterocycles. The molecule has 4 nitrogen and oxygen atoms in total. The lowest BCUT2D eigenvalue weighted by atomic mass is 10.3. The number of carbonyl (C=O) groups excluding carboxylic acids is 1. The van der Waals surface area contributed by atoms with Crippen molar-refractivity contribution >= 4 is 17.2 Å². The van der Waals surface area contributed by atoms with E-state index in [1.807, 2.05) is 31.2 Å². The molecule has 0 unspecified atom stereocenters. The van der Waals surface area contributed by atoms with Crippen LogP contribution in [0.1, 0.15) is 25.9 Å². The lowest BCUT2D eigenvalue weighted by molar-refractivity contribution is 0.0946. The van der Waals surface area contributed by atoms with E-state index < -0.39 is 0 Å². The molecule has 3 N–H and O–H groups in total. The number of nitrogens with zero attached hydrogens (tertiary/aromatic N) is 1. The quantitative estimate of drug-likeness (QED) is 0.843. The predicted molar refractivity (Wildman–Crippen MR) is 80.4 cm³/mol. The zero-order chi connectivity index (χ0) is 14.4. The molecule has 0 aliphatic rings. The first kappa shape index (κ1) is 14.3. The summed E-state index contributed by atoms with van der Waals surface area (Å²) in [7, 11) is 0. The first-order valence-corrected chi connectivity index (χ1v) is 7.00. The topological polar surface area (TPSA) is 68.0 Å². The number of carbonyl (C=O) groups is 1. The molecular weight excluding hydrogens is 270 g/mol. The summed E-state index contributed by atoms with van der Waals surface area (Å²) in [5.74, 6) is 5.61. The molecule has 0 aliphatic carbocycles. The van der Waals surface area contributed by atoms with Crippen LogP contribution in [0.5, 0.6) is 0 Å². The van der Waals surface area contributed by atoms with Crippen LogP contribution in [0.15, 0.2) is 30.3 Å². The second-order valence-electron chi connectivity index (χ2n) is 4.12. The van der Waals surface area contributed by atoms with E-state index in [1.54, 1.807) is 17.4 Å². The van der Waals surface area contributed by atoms with Crippen LogP contribution < -0.4 is 11.1 Å². The Bertz CT molecular complexity index is 667. The van der Waals surface area contributed by atoms with Gasteiger partial charge in [0, 0.05) is 10.6 Å². The maximum Gasteiger partial charge on any atom is 0.270 e. The Morgan fingerprint density at radius 3 is 3.00 bits per heavy atom. The fourth-order valence-corrected chi connectivity index (χ4v) is 2.43. The summed E-state index contributed by atoms with van der Waals surface area (Å²) in [6, 6.07) is 9.27. The zero-order valence-electron chi connectivity index (χ0n) is 11.1. The third kappa shape index (κ3) is 3.92. The number of aromatic nitrogens is 1. The molecule has 0 fully saturated rings. The molecule has 0 aliphatic heterocycles. The SMILES string of the molecule is Cc1cccc(C(=O)NCc2ccc(C#CCN)s2)n1. The molecule has 0 saturated carbocycles. The van der Waals surface area contributed by atoms with Crippen LogP contribution in [0, 0.1) is 18.8 Å². The Morgan fingerprint density at radius 1 is 1.40 bits per heavy atom. The first-order valence-electron chi connectivity index (χ1n) is 6.18. The fourth-order valence-electron chi connectivity index (χ4n) is 1.61. The van der Waals surface area contributed by atoms with E-state index in [9.17, 15) is 4.79 Å². The van der Waals surface area contributed by atoms with Gasteiger partial charge < -0.3 is 11.1 Å². The van der Waals surface area contributed by atoms with Gasteiger partial charge in [0.25, 0.3) is 5.91 Å². The average molecular weight is 285 g/mol. The Balaban J connectivity index is 1.95. The van der Waals surface area contributed by atoms with Gasteiger partial charge in [-0.25, -0.2) is 4.98 Å². The molecule has 102 valence electrons. The predicted octanol–water partition coefficient (Wildman–Crippen LogP) is 1.69. The standard InChI is InChI=1S/C15H15N3OS/c1-11-4-2-6-14(18-11)15(19)17-10-13-8-7-12(20-13)5-3-9-16/h2,4,6-8H,9-10,16H2,1H3,(H,17,19). The van der Waals surface area contributed by atoms with Crippen molar-refractivity contribution in [1.82, 2.24) is 10.3 Å². The van der Waals surface area contributed by atoms with Gasteiger partial charge in [-0.2, -0.15) is 0 Å². The molecule has 2 aromatic heterocycles. The van der Waals surface area contributed by atoms with Crippen molar-refractivity contribution < 1.29 is 4.79 Å². The average Bonchev–Trinajstić information content (AvgIpc) is 2.90. The summed E-state index contributed by atoms with van der Waals surface area (Å²) in [6.07, 6.45) is 0. The highest BCUT2D eigenvalue weighted by Crippen LogP contribution is 2.15. The summed E-state index contributed by atoms with van der Waals surface area (Å²) in [5.41, 5.74) is 6.59. The number of nitrogens with two attached hydrogens (primary N) is 1. The highest BCUT2D eigenvalue weighted by Gasteiger charge is 2.07. The summed E-state index contributed by atoms with van der Waals surface area (Å²) >= 11 is 1.55. The smallest absolute Gasteiger partial charge is 0.270 e. The van der Waals surface area contributed by atoms with Gasteiger partial charge in [0.15, 0.2) is 0 Å². The Labute approximate surface area is 122 Å². The van der Waals surface area contributed by atoms with E-state index in [0.29, 0.717) is 18.8 Å². The second-order valence-corrected chi connectivity index (χ2v) is 5.29. The highest BCUT2D eigenvalue weighted by molar-refractivity contribution is 7.12. The fraction of sp³-hybridized carbons (Fsp3) is 0.200. The van der Waals surface area contributed by atoms with Gasteiger partial charge >= 0.3 is 0 Å².